The molecule has 2 saturated carbocycles. The van der Waals surface area contributed by atoms with E-state index >= 15 is 0 Å². The molecule has 1 N–H and O–H groups in total. The van der Waals surface area contributed by atoms with Gasteiger partial charge in [0.05, 0.1) is 20.0 Å². The number of carbonyl (C=O) groups is 2. The molecule has 1 aromatic heterocycles. The standard InChI is InChI=1S/C37H46N2O4.H2/c1-23-11-18-31(42-5)29-22-37(23,29)19-20-39-30-17-16-27(38-34(40)25-9-7-8-10-25)21-28(30)32(33(39)35(41)43-6)24-12-14-26(15-13-24)36(2,3)4;/h12-18,21,23,25,29H,7-11,19-20,22H2,1-6H3,(H,38,40);1H. The van der Waals surface area contributed by atoms with Gasteiger partial charge in [0.1, 0.15) is 5.69 Å². The Hall–Kier alpha value is -3.54. The summed E-state index contributed by atoms with van der Waals surface area (Å²) in [4.78, 5) is 26.7. The number of rotatable bonds is 8. The van der Waals surface area contributed by atoms with Crippen LogP contribution in [0.15, 0.2) is 54.3 Å². The maximum Gasteiger partial charge on any atom is 0.355 e. The number of hydrogen-bond donors (Lipinski definition) is 1. The summed E-state index contributed by atoms with van der Waals surface area (Å²) in [6, 6.07) is 14.6. The molecule has 3 atom stereocenters. The third-order valence-electron chi connectivity index (χ3n) is 10.6. The smallest absolute Gasteiger partial charge is 0.355 e. The topological polar surface area (TPSA) is 69.6 Å². The molecule has 2 fully saturated rings. The third kappa shape index (κ3) is 5.27. The van der Waals surface area contributed by atoms with Gasteiger partial charge in [-0.2, -0.15) is 0 Å². The predicted octanol–water partition coefficient (Wildman–Crippen LogP) is 8.73. The van der Waals surface area contributed by atoms with E-state index in [9.17, 15) is 9.59 Å². The lowest BCUT2D eigenvalue weighted by atomic mass is 9.79. The van der Waals surface area contributed by atoms with Crippen molar-refractivity contribution in [3.05, 3.63) is 65.6 Å². The Morgan fingerprint density at radius 1 is 1.07 bits per heavy atom. The van der Waals surface area contributed by atoms with Crippen LogP contribution in [0.2, 0.25) is 0 Å². The zero-order chi connectivity index (χ0) is 30.5. The Balaban J connectivity index is 0.00000384. The summed E-state index contributed by atoms with van der Waals surface area (Å²) >= 11 is 0. The Bertz CT molecular complexity index is 1580. The van der Waals surface area contributed by atoms with Gasteiger partial charge in [-0.1, -0.05) is 64.8 Å². The summed E-state index contributed by atoms with van der Waals surface area (Å²) in [6.07, 6.45) is 9.47. The lowest BCUT2D eigenvalue weighted by molar-refractivity contribution is -0.119. The first-order valence-electron chi connectivity index (χ1n) is 16.0. The monoisotopic (exact) mass is 584 g/mol. The number of aryl methyl sites for hydroxylation is 1. The minimum Gasteiger partial charge on any atom is -0.501 e. The number of amides is 1. The summed E-state index contributed by atoms with van der Waals surface area (Å²) in [5.41, 5.74) is 5.58. The summed E-state index contributed by atoms with van der Waals surface area (Å²) in [5.74, 6) is 1.94. The van der Waals surface area contributed by atoms with Gasteiger partial charge in [0.15, 0.2) is 0 Å². The molecule has 230 valence electrons. The largest absolute Gasteiger partial charge is 0.501 e. The van der Waals surface area contributed by atoms with E-state index in [1.54, 1.807) is 7.11 Å². The second-order valence-electron chi connectivity index (χ2n) is 14.1. The van der Waals surface area contributed by atoms with E-state index < -0.39 is 0 Å². The maximum atomic E-state index is 13.6. The van der Waals surface area contributed by atoms with Gasteiger partial charge in [0.2, 0.25) is 5.91 Å². The number of ether oxygens (including phenoxy) is 2. The first kappa shape index (κ1) is 29.5. The number of hydrogen-bond acceptors (Lipinski definition) is 4. The average molecular weight is 585 g/mol. The van der Waals surface area contributed by atoms with E-state index in [2.05, 4.69) is 74.0 Å². The molecule has 1 heterocycles. The average Bonchev–Trinajstić information content (AvgIpc) is 3.34. The lowest BCUT2D eigenvalue weighted by Crippen LogP contribution is -2.23. The molecule has 0 spiro atoms. The minimum absolute atomic E-state index is 0. The van der Waals surface area contributed by atoms with Crippen LogP contribution >= 0.6 is 0 Å². The lowest BCUT2D eigenvalue weighted by Gasteiger charge is -2.29. The molecule has 6 nitrogen and oxygen atoms in total. The van der Waals surface area contributed by atoms with E-state index in [1.807, 2.05) is 12.1 Å². The van der Waals surface area contributed by atoms with Crippen molar-refractivity contribution in [1.29, 1.82) is 0 Å². The highest BCUT2D eigenvalue weighted by atomic mass is 16.5. The van der Waals surface area contributed by atoms with Crippen LogP contribution in [-0.4, -0.2) is 30.7 Å². The van der Waals surface area contributed by atoms with Crippen molar-refractivity contribution in [1.82, 2.24) is 4.57 Å². The maximum absolute atomic E-state index is 13.6. The van der Waals surface area contributed by atoms with Gasteiger partial charge in [-0.15, -0.1) is 0 Å². The van der Waals surface area contributed by atoms with Crippen LogP contribution in [0.3, 0.4) is 0 Å². The first-order valence-corrected chi connectivity index (χ1v) is 16.0. The Labute approximate surface area is 257 Å². The Kier molecular flexibility index (Phi) is 7.68. The van der Waals surface area contributed by atoms with E-state index in [4.69, 9.17) is 9.47 Å². The van der Waals surface area contributed by atoms with Crippen molar-refractivity contribution >= 4 is 28.5 Å². The van der Waals surface area contributed by atoms with Crippen molar-refractivity contribution in [3.63, 3.8) is 0 Å². The first-order chi connectivity index (χ1) is 20.6. The van der Waals surface area contributed by atoms with Crippen molar-refractivity contribution in [3.8, 4) is 11.1 Å². The molecule has 43 heavy (non-hydrogen) atoms. The molecule has 6 heteroatoms. The van der Waals surface area contributed by atoms with Gasteiger partial charge in [0, 0.05) is 42.0 Å². The predicted molar refractivity (Wildman–Crippen MR) is 174 cm³/mol. The SMILES string of the molecule is COC(=O)c1c(-c2ccc(C(C)(C)C)cc2)c2cc(NC(=O)C3CCCC3)ccc2n1CCC12CC1C(OC)=CCC2C.[HH]. The van der Waals surface area contributed by atoms with Gasteiger partial charge in [0.25, 0.3) is 0 Å². The molecule has 3 aromatic rings. The fourth-order valence-electron chi connectivity index (χ4n) is 7.82. The number of allylic oxidation sites excluding steroid dienone is 2. The number of benzene rings is 2. The molecule has 3 aliphatic carbocycles. The Morgan fingerprint density at radius 2 is 1.79 bits per heavy atom. The molecular weight excluding hydrogens is 536 g/mol. The van der Waals surface area contributed by atoms with Crippen LogP contribution in [0.4, 0.5) is 5.69 Å². The van der Waals surface area contributed by atoms with E-state index in [-0.39, 0.29) is 30.1 Å². The fourth-order valence-corrected chi connectivity index (χ4v) is 7.82. The molecular formula is C37H48N2O4. The molecule has 2 aromatic carbocycles. The second-order valence-corrected chi connectivity index (χ2v) is 14.1. The zero-order valence-corrected chi connectivity index (χ0v) is 26.6. The Morgan fingerprint density at radius 3 is 2.44 bits per heavy atom. The van der Waals surface area contributed by atoms with Crippen molar-refractivity contribution in [2.75, 3.05) is 19.5 Å². The number of carbonyl (C=O) groups excluding carboxylic acids is 2. The van der Waals surface area contributed by atoms with Crippen molar-refractivity contribution < 1.29 is 20.5 Å². The van der Waals surface area contributed by atoms with Crippen LogP contribution in [0.25, 0.3) is 22.0 Å². The fraction of sp³-hybridized carbons (Fsp3) is 0.514. The highest BCUT2D eigenvalue weighted by Crippen LogP contribution is 2.66. The van der Waals surface area contributed by atoms with Crippen LogP contribution in [0.1, 0.15) is 90.1 Å². The third-order valence-corrected chi connectivity index (χ3v) is 10.6. The molecule has 0 bridgehead atoms. The number of fused-ring (bicyclic) bond motifs is 2. The molecule has 6 rings (SSSR count). The number of aromatic nitrogens is 1. The minimum atomic E-state index is -0.346. The van der Waals surface area contributed by atoms with Gasteiger partial charge < -0.3 is 19.4 Å². The van der Waals surface area contributed by atoms with Crippen LogP contribution < -0.4 is 5.32 Å². The summed E-state index contributed by atoms with van der Waals surface area (Å²) in [6.45, 7) is 9.65. The van der Waals surface area contributed by atoms with Gasteiger partial charge in [-0.05, 0) is 84.3 Å². The number of methoxy groups -OCH3 is 2. The van der Waals surface area contributed by atoms with E-state index in [0.29, 0.717) is 24.1 Å². The highest BCUT2D eigenvalue weighted by Gasteiger charge is 2.60. The summed E-state index contributed by atoms with van der Waals surface area (Å²) < 4.78 is 13.3. The second kappa shape index (κ2) is 11.2. The van der Waals surface area contributed by atoms with E-state index in [1.165, 1.54) is 12.7 Å². The molecule has 0 radical (unpaired) electrons. The number of nitrogens with one attached hydrogen (secondary N) is 1. The van der Waals surface area contributed by atoms with Crippen molar-refractivity contribution in [2.24, 2.45) is 23.2 Å². The summed E-state index contributed by atoms with van der Waals surface area (Å²) in [7, 11) is 3.23. The normalized spacial score (nSPS) is 23.5. The quantitative estimate of drug-likeness (QED) is 0.269. The van der Waals surface area contributed by atoms with Gasteiger partial charge in [-0.3, -0.25) is 4.79 Å². The summed E-state index contributed by atoms with van der Waals surface area (Å²) in [5, 5.41) is 4.14. The van der Waals surface area contributed by atoms with Crippen molar-refractivity contribution in [2.45, 2.75) is 84.6 Å². The number of nitrogens with zero attached hydrogens (tertiary/aromatic N) is 1. The number of esters is 1. The molecule has 1 amide bonds. The molecule has 3 aliphatic rings. The molecule has 0 aliphatic heterocycles. The van der Waals surface area contributed by atoms with Crippen LogP contribution in [-0.2, 0) is 26.2 Å². The van der Waals surface area contributed by atoms with Crippen LogP contribution in [0, 0.1) is 23.2 Å². The van der Waals surface area contributed by atoms with Gasteiger partial charge >= 0.3 is 5.97 Å². The number of anilines is 1. The van der Waals surface area contributed by atoms with Gasteiger partial charge in [-0.25, -0.2) is 4.79 Å². The van der Waals surface area contributed by atoms with Crippen LogP contribution in [0.5, 0.6) is 0 Å². The molecule has 3 unspecified atom stereocenters. The highest BCUT2D eigenvalue weighted by molar-refractivity contribution is 6.10. The zero-order valence-electron chi connectivity index (χ0n) is 26.6. The molecule has 0 saturated heterocycles. The van der Waals surface area contributed by atoms with E-state index in [0.717, 1.165) is 78.4 Å².